The van der Waals surface area contributed by atoms with E-state index in [1.807, 2.05) is 0 Å². The topological polar surface area (TPSA) is 73.6 Å². The van der Waals surface area contributed by atoms with Crippen LogP contribution in [0.2, 0.25) is 0 Å². The molecule has 5 heteroatoms. The van der Waals surface area contributed by atoms with E-state index in [1.165, 1.54) is 0 Å². The van der Waals surface area contributed by atoms with Crippen molar-refractivity contribution in [2.75, 3.05) is 13.7 Å². The average molecular weight is 244 g/mol. The maximum absolute atomic E-state index is 11.0. The molecule has 1 saturated heterocycles. The molecular weight excluding hydrogens is 220 g/mol. The van der Waals surface area contributed by atoms with Crippen molar-refractivity contribution in [2.45, 2.75) is 57.5 Å². The van der Waals surface area contributed by atoms with Crippen molar-refractivity contribution < 1.29 is 14.3 Å². The van der Waals surface area contributed by atoms with Gasteiger partial charge in [0, 0.05) is 6.61 Å². The number of carbonyl (C=O) groups excluding carboxylic acids is 1. The Labute approximate surface area is 103 Å². The standard InChI is InChI=1S/C12H24N2O3/c1-8-6-10(7-9(2)17-8)16-5-4-11(14-3)12(13)15/h8-11,14H,4-7H2,1-3H3,(H2,13,15). The fourth-order valence-electron chi connectivity index (χ4n) is 2.26. The number of likely N-dealkylation sites (N-methyl/N-ethyl adjacent to an activating group) is 1. The quantitative estimate of drug-likeness (QED) is 0.710. The van der Waals surface area contributed by atoms with Gasteiger partial charge in [-0.25, -0.2) is 0 Å². The number of hydrogen-bond acceptors (Lipinski definition) is 4. The number of hydrogen-bond donors (Lipinski definition) is 2. The van der Waals surface area contributed by atoms with Crippen LogP contribution in [0.15, 0.2) is 0 Å². The summed E-state index contributed by atoms with van der Waals surface area (Å²) in [5, 5.41) is 2.88. The monoisotopic (exact) mass is 244 g/mol. The van der Waals surface area contributed by atoms with E-state index in [2.05, 4.69) is 19.2 Å². The number of nitrogens with one attached hydrogen (secondary N) is 1. The SMILES string of the molecule is CNC(CCOC1CC(C)OC(C)C1)C(N)=O. The molecule has 5 nitrogen and oxygen atoms in total. The third kappa shape index (κ3) is 5.02. The maximum Gasteiger partial charge on any atom is 0.234 e. The number of amides is 1. The van der Waals surface area contributed by atoms with E-state index in [0.29, 0.717) is 13.0 Å². The first-order chi connectivity index (χ1) is 8.02. The predicted octanol–water partition coefficient (Wildman–Crippen LogP) is 0.422. The lowest BCUT2D eigenvalue weighted by atomic mass is 10.0. The van der Waals surface area contributed by atoms with Crippen molar-refractivity contribution >= 4 is 5.91 Å². The first-order valence-electron chi connectivity index (χ1n) is 6.26. The zero-order valence-corrected chi connectivity index (χ0v) is 10.9. The fourth-order valence-corrected chi connectivity index (χ4v) is 2.26. The third-order valence-electron chi connectivity index (χ3n) is 3.11. The molecule has 0 bridgehead atoms. The van der Waals surface area contributed by atoms with E-state index in [9.17, 15) is 4.79 Å². The van der Waals surface area contributed by atoms with Crippen molar-refractivity contribution in [2.24, 2.45) is 5.73 Å². The van der Waals surface area contributed by atoms with E-state index in [0.717, 1.165) is 12.8 Å². The Morgan fingerprint density at radius 3 is 2.53 bits per heavy atom. The summed E-state index contributed by atoms with van der Waals surface area (Å²) in [6.45, 7) is 4.68. The maximum atomic E-state index is 11.0. The van der Waals surface area contributed by atoms with Gasteiger partial charge >= 0.3 is 0 Å². The lowest BCUT2D eigenvalue weighted by Crippen LogP contribution is -2.40. The Morgan fingerprint density at radius 1 is 1.47 bits per heavy atom. The number of carbonyl (C=O) groups is 1. The number of primary amides is 1. The van der Waals surface area contributed by atoms with E-state index in [4.69, 9.17) is 15.2 Å². The third-order valence-corrected chi connectivity index (χ3v) is 3.11. The first kappa shape index (κ1) is 14.4. The molecule has 0 aromatic carbocycles. The Kier molecular flexibility index (Phi) is 5.88. The van der Waals surface area contributed by atoms with Crippen LogP contribution < -0.4 is 11.1 Å². The molecule has 0 aliphatic carbocycles. The van der Waals surface area contributed by atoms with Crippen LogP contribution in [0.4, 0.5) is 0 Å². The molecule has 0 radical (unpaired) electrons. The summed E-state index contributed by atoms with van der Waals surface area (Å²) in [6.07, 6.45) is 3.20. The smallest absolute Gasteiger partial charge is 0.234 e. The molecule has 1 heterocycles. The van der Waals surface area contributed by atoms with Gasteiger partial charge in [-0.2, -0.15) is 0 Å². The normalized spacial score (nSPS) is 31.1. The van der Waals surface area contributed by atoms with Gasteiger partial charge in [-0.15, -0.1) is 0 Å². The molecule has 3 atom stereocenters. The van der Waals surface area contributed by atoms with Gasteiger partial charge in [0.2, 0.25) is 5.91 Å². The Morgan fingerprint density at radius 2 is 2.06 bits per heavy atom. The highest BCUT2D eigenvalue weighted by Crippen LogP contribution is 2.21. The highest BCUT2D eigenvalue weighted by Gasteiger charge is 2.25. The van der Waals surface area contributed by atoms with Gasteiger partial charge in [-0.3, -0.25) is 4.79 Å². The van der Waals surface area contributed by atoms with Crippen LogP contribution in [0.1, 0.15) is 33.1 Å². The summed E-state index contributed by atoms with van der Waals surface area (Å²) in [6, 6.07) is -0.301. The van der Waals surface area contributed by atoms with E-state index in [-0.39, 0.29) is 30.3 Å². The van der Waals surface area contributed by atoms with Crippen LogP contribution in [0.3, 0.4) is 0 Å². The van der Waals surface area contributed by atoms with Gasteiger partial charge in [0.25, 0.3) is 0 Å². The van der Waals surface area contributed by atoms with Gasteiger partial charge in [-0.1, -0.05) is 0 Å². The van der Waals surface area contributed by atoms with E-state index >= 15 is 0 Å². The molecule has 0 spiro atoms. The molecule has 0 saturated carbocycles. The Hall–Kier alpha value is -0.650. The van der Waals surface area contributed by atoms with Crippen LogP contribution in [0.25, 0.3) is 0 Å². The van der Waals surface area contributed by atoms with Crippen molar-refractivity contribution in [1.82, 2.24) is 5.32 Å². The molecule has 0 aromatic rings. The summed E-state index contributed by atoms with van der Waals surface area (Å²) in [4.78, 5) is 11.0. The predicted molar refractivity (Wildman–Crippen MR) is 65.6 cm³/mol. The minimum absolute atomic E-state index is 0.235. The highest BCUT2D eigenvalue weighted by atomic mass is 16.5. The Balaban J connectivity index is 2.23. The molecular formula is C12H24N2O3. The van der Waals surface area contributed by atoms with Crippen LogP contribution in [-0.2, 0) is 14.3 Å². The number of nitrogens with two attached hydrogens (primary N) is 1. The molecule has 3 N–H and O–H groups in total. The summed E-state index contributed by atoms with van der Waals surface area (Å²) in [5.74, 6) is -0.329. The second kappa shape index (κ2) is 6.93. The van der Waals surface area contributed by atoms with Crippen molar-refractivity contribution in [1.29, 1.82) is 0 Å². The van der Waals surface area contributed by atoms with Gasteiger partial charge < -0.3 is 20.5 Å². The summed E-state index contributed by atoms with van der Waals surface area (Å²) in [7, 11) is 1.73. The summed E-state index contributed by atoms with van der Waals surface area (Å²) >= 11 is 0. The molecule has 0 aromatic heterocycles. The molecule has 1 fully saturated rings. The van der Waals surface area contributed by atoms with Crippen molar-refractivity contribution in [3.05, 3.63) is 0 Å². The number of rotatable bonds is 6. The van der Waals surface area contributed by atoms with Crippen LogP contribution in [-0.4, -0.2) is 43.9 Å². The van der Waals surface area contributed by atoms with Crippen LogP contribution in [0.5, 0.6) is 0 Å². The lowest BCUT2D eigenvalue weighted by molar-refractivity contribution is -0.122. The van der Waals surface area contributed by atoms with E-state index < -0.39 is 0 Å². The zero-order chi connectivity index (χ0) is 12.8. The minimum atomic E-state index is -0.329. The fraction of sp³-hybridized carbons (Fsp3) is 0.917. The Bertz CT molecular complexity index is 238. The second-order valence-corrected chi connectivity index (χ2v) is 4.75. The van der Waals surface area contributed by atoms with Crippen molar-refractivity contribution in [3.63, 3.8) is 0 Å². The van der Waals surface area contributed by atoms with Gasteiger partial charge in [0.05, 0.1) is 24.4 Å². The first-order valence-corrected chi connectivity index (χ1v) is 6.26. The van der Waals surface area contributed by atoms with Gasteiger partial charge in [-0.05, 0) is 40.2 Å². The molecule has 3 unspecified atom stereocenters. The average Bonchev–Trinajstić information content (AvgIpc) is 2.22. The van der Waals surface area contributed by atoms with Crippen LogP contribution in [0, 0.1) is 0 Å². The molecule has 100 valence electrons. The molecule has 1 aliphatic heterocycles. The molecule has 17 heavy (non-hydrogen) atoms. The van der Waals surface area contributed by atoms with Crippen molar-refractivity contribution in [3.8, 4) is 0 Å². The lowest BCUT2D eigenvalue weighted by Gasteiger charge is -2.32. The van der Waals surface area contributed by atoms with E-state index in [1.54, 1.807) is 7.05 Å². The molecule has 1 rings (SSSR count). The van der Waals surface area contributed by atoms with Gasteiger partial charge in [0.1, 0.15) is 0 Å². The zero-order valence-electron chi connectivity index (χ0n) is 10.9. The largest absolute Gasteiger partial charge is 0.378 e. The highest BCUT2D eigenvalue weighted by molar-refractivity contribution is 5.79. The minimum Gasteiger partial charge on any atom is -0.378 e. The second-order valence-electron chi connectivity index (χ2n) is 4.75. The number of ether oxygens (including phenoxy) is 2. The van der Waals surface area contributed by atoms with Crippen LogP contribution >= 0.6 is 0 Å². The summed E-state index contributed by atoms with van der Waals surface area (Å²) < 4.78 is 11.4. The molecule has 1 amide bonds. The van der Waals surface area contributed by atoms with Gasteiger partial charge in [0.15, 0.2) is 0 Å². The summed E-state index contributed by atoms with van der Waals surface area (Å²) in [5.41, 5.74) is 5.23. The molecule has 1 aliphatic rings.